The number of hydrazone groups is 1. The Bertz CT molecular complexity index is 1130. The number of rotatable bonds is 8. The van der Waals surface area contributed by atoms with E-state index in [9.17, 15) is 14.0 Å². The second-order valence-corrected chi connectivity index (χ2v) is 7.33. The van der Waals surface area contributed by atoms with Gasteiger partial charge in [-0.25, -0.2) is 9.40 Å². The van der Waals surface area contributed by atoms with Crippen molar-refractivity contribution < 1.29 is 23.5 Å². The Morgan fingerprint density at radius 2 is 2.06 bits per heavy atom. The highest BCUT2D eigenvalue weighted by Gasteiger charge is 2.14. The largest absolute Gasteiger partial charge is 0.493 e. The molecular weight excluding hydrogens is 421 g/mol. The first-order valence-corrected chi connectivity index (χ1v) is 10.4. The molecular formula is C22H22FN3O4S. The van der Waals surface area contributed by atoms with Gasteiger partial charge in [0, 0.05) is 28.9 Å². The third kappa shape index (κ3) is 5.18. The molecule has 1 N–H and O–H groups in total. The Hall–Kier alpha value is -3.46. The first-order chi connectivity index (χ1) is 14.9. The number of carbonyl (C=O) groups excluding carboxylic acids is 2. The van der Waals surface area contributed by atoms with Crippen molar-refractivity contribution in [2.45, 2.75) is 6.92 Å². The number of nitrogens with one attached hydrogen (secondary N) is 1. The van der Waals surface area contributed by atoms with Crippen LogP contribution in [0.4, 0.5) is 4.39 Å². The summed E-state index contributed by atoms with van der Waals surface area (Å²) in [6.45, 7) is 2.09. The van der Waals surface area contributed by atoms with Crippen LogP contribution in [0.3, 0.4) is 0 Å². The van der Waals surface area contributed by atoms with E-state index in [2.05, 4.69) is 10.4 Å². The molecule has 0 atom stereocenters. The predicted octanol–water partition coefficient (Wildman–Crippen LogP) is 3.67. The van der Waals surface area contributed by atoms with Crippen molar-refractivity contribution in [1.82, 2.24) is 10.3 Å². The van der Waals surface area contributed by atoms with E-state index < -0.39 is 11.8 Å². The van der Waals surface area contributed by atoms with E-state index in [0.717, 1.165) is 10.4 Å². The molecule has 0 radical (unpaired) electrons. The molecule has 0 fully saturated rings. The topological polar surface area (TPSA) is 80.2 Å². The molecule has 2 aromatic carbocycles. The van der Waals surface area contributed by atoms with Gasteiger partial charge in [-0.05, 0) is 31.2 Å². The van der Waals surface area contributed by atoms with Gasteiger partial charge in [0.2, 0.25) is 0 Å². The highest BCUT2D eigenvalue weighted by atomic mass is 32.1. The van der Waals surface area contributed by atoms with Crippen molar-refractivity contribution in [3.63, 3.8) is 0 Å². The van der Waals surface area contributed by atoms with Crippen LogP contribution in [0.1, 0.15) is 22.8 Å². The molecule has 1 aromatic heterocycles. The molecule has 0 aliphatic rings. The van der Waals surface area contributed by atoms with Crippen molar-refractivity contribution in [3.8, 4) is 11.5 Å². The molecule has 9 heteroatoms. The van der Waals surface area contributed by atoms with Crippen molar-refractivity contribution in [2.24, 2.45) is 5.10 Å². The smallest absolute Gasteiger partial charge is 0.261 e. The summed E-state index contributed by atoms with van der Waals surface area (Å²) in [6, 6.07) is 9.61. The predicted molar refractivity (Wildman–Crippen MR) is 119 cm³/mol. The van der Waals surface area contributed by atoms with Crippen LogP contribution in [0.5, 0.6) is 11.5 Å². The molecule has 0 unspecified atom stereocenters. The summed E-state index contributed by atoms with van der Waals surface area (Å²) in [7, 11) is 2.97. The van der Waals surface area contributed by atoms with Crippen molar-refractivity contribution in [3.05, 3.63) is 58.7 Å². The lowest BCUT2D eigenvalue weighted by atomic mass is 10.2. The number of hydrogen-bond donors (Lipinski definition) is 1. The van der Waals surface area contributed by atoms with E-state index in [1.807, 2.05) is 6.92 Å². The third-order valence-corrected chi connectivity index (χ3v) is 5.46. The molecule has 0 bridgehead atoms. The lowest BCUT2D eigenvalue weighted by Gasteiger charge is -2.13. The van der Waals surface area contributed by atoms with Crippen molar-refractivity contribution >= 4 is 39.5 Å². The van der Waals surface area contributed by atoms with E-state index in [-0.39, 0.29) is 12.4 Å². The number of methoxy groups -OCH3 is 1. The van der Waals surface area contributed by atoms with Crippen molar-refractivity contribution in [2.75, 3.05) is 27.3 Å². The molecule has 0 spiro atoms. The summed E-state index contributed by atoms with van der Waals surface area (Å²) in [4.78, 5) is 24.7. The number of fused-ring (bicyclic) bond motifs is 1. The van der Waals surface area contributed by atoms with Gasteiger partial charge in [-0.3, -0.25) is 9.59 Å². The summed E-state index contributed by atoms with van der Waals surface area (Å²) in [5.41, 5.74) is 1.05. The van der Waals surface area contributed by atoms with Crippen LogP contribution < -0.4 is 14.8 Å². The molecule has 2 amide bonds. The molecule has 162 valence electrons. The van der Waals surface area contributed by atoms with Gasteiger partial charge in [0.25, 0.3) is 11.8 Å². The second kappa shape index (κ2) is 10.0. The van der Waals surface area contributed by atoms with Gasteiger partial charge in [-0.15, -0.1) is 11.3 Å². The fraction of sp³-hybridized carbons (Fsp3) is 0.227. The van der Waals surface area contributed by atoms with Crippen LogP contribution in [0, 0.1) is 5.82 Å². The lowest BCUT2D eigenvalue weighted by molar-refractivity contribution is -0.128. The van der Waals surface area contributed by atoms with Crippen LogP contribution in [-0.2, 0) is 4.79 Å². The van der Waals surface area contributed by atoms with Crippen molar-refractivity contribution in [1.29, 1.82) is 0 Å². The quantitative estimate of drug-likeness (QED) is 0.426. The summed E-state index contributed by atoms with van der Waals surface area (Å²) in [5, 5.41) is 10.3. The minimum Gasteiger partial charge on any atom is -0.493 e. The van der Waals surface area contributed by atoms with Gasteiger partial charge in [0.05, 0.1) is 31.2 Å². The molecule has 31 heavy (non-hydrogen) atoms. The summed E-state index contributed by atoms with van der Waals surface area (Å²) in [5.74, 6) is -0.158. The van der Waals surface area contributed by atoms with Crippen LogP contribution in [0.15, 0.2) is 46.9 Å². The zero-order valence-electron chi connectivity index (χ0n) is 17.3. The Balaban J connectivity index is 1.60. The van der Waals surface area contributed by atoms with Gasteiger partial charge in [0.1, 0.15) is 5.82 Å². The Labute approximate surface area is 183 Å². The number of nitrogens with zero attached hydrogens (tertiary/aromatic N) is 2. The average Bonchev–Trinajstić information content (AvgIpc) is 3.20. The van der Waals surface area contributed by atoms with E-state index in [1.54, 1.807) is 35.7 Å². The highest BCUT2D eigenvalue weighted by molar-refractivity contribution is 7.17. The number of amides is 2. The van der Waals surface area contributed by atoms with Gasteiger partial charge in [-0.2, -0.15) is 5.10 Å². The van der Waals surface area contributed by atoms with E-state index in [0.29, 0.717) is 33.9 Å². The zero-order valence-corrected chi connectivity index (χ0v) is 18.2. The standard InChI is InChI=1S/C22H22FN3O4S/c1-4-30-18-9-8-14(10-19(18)29-3)22(28)24-12-20(27)26(2)25-11-15-13-31-21-16(15)6-5-7-17(21)23/h5-11,13H,4,12H2,1-3H3,(H,24,28). The second-order valence-electron chi connectivity index (χ2n) is 6.45. The van der Waals surface area contributed by atoms with E-state index in [1.165, 1.54) is 37.8 Å². The van der Waals surface area contributed by atoms with Crippen LogP contribution in [0.2, 0.25) is 0 Å². The minimum absolute atomic E-state index is 0.235. The fourth-order valence-electron chi connectivity index (χ4n) is 2.81. The Morgan fingerprint density at radius 3 is 2.81 bits per heavy atom. The van der Waals surface area contributed by atoms with Gasteiger partial charge in [0.15, 0.2) is 11.5 Å². The SMILES string of the molecule is CCOc1ccc(C(=O)NCC(=O)N(C)N=Cc2csc3c(F)cccc23)cc1OC. The zero-order chi connectivity index (χ0) is 22.4. The first-order valence-electron chi connectivity index (χ1n) is 9.49. The van der Waals surface area contributed by atoms with Crippen LogP contribution >= 0.6 is 11.3 Å². The number of carbonyl (C=O) groups is 2. The van der Waals surface area contributed by atoms with Gasteiger partial charge < -0.3 is 14.8 Å². The maximum atomic E-state index is 13.8. The number of ether oxygens (including phenoxy) is 2. The molecule has 0 aliphatic heterocycles. The number of hydrogen-bond acceptors (Lipinski definition) is 6. The number of likely N-dealkylation sites (N-methyl/N-ethyl adjacent to an activating group) is 1. The Morgan fingerprint density at radius 1 is 1.26 bits per heavy atom. The average molecular weight is 444 g/mol. The van der Waals surface area contributed by atoms with E-state index >= 15 is 0 Å². The summed E-state index contributed by atoms with van der Waals surface area (Å²) < 4.78 is 25.0. The molecule has 3 rings (SSSR count). The monoisotopic (exact) mass is 443 g/mol. The molecule has 7 nitrogen and oxygen atoms in total. The Kier molecular flexibility index (Phi) is 7.19. The first kappa shape index (κ1) is 22.2. The normalized spacial score (nSPS) is 11.0. The van der Waals surface area contributed by atoms with Crippen LogP contribution in [0.25, 0.3) is 10.1 Å². The number of benzene rings is 2. The lowest BCUT2D eigenvalue weighted by Crippen LogP contribution is -2.36. The van der Waals surface area contributed by atoms with Gasteiger partial charge >= 0.3 is 0 Å². The summed E-state index contributed by atoms with van der Waals surface area (Å²) >= 11 is 1.27. The number of thiophene rings is 1. The van der Waals surface area contributed by atoms with E-state index in [4.69, 9.17) is 9.47 Å². The number of halogens is 1. The van der Waals surface area contributed by atoms with Gasteiger partial charge in [-0.1, -0.05) is 12.1 Å². The maximum Gasteiger partial charge on any atom is 0.261 e. The third-order valence-electron chi connectivity index (χ3n) is 4.44. The molecule has 3 aromatic rings. The highest BCUT2D eigenvalue weighted by Crippen LogP contribution is 2.28. The molecule has 1 heterocycles. The molecule has 0 saturated heterocycles. The molecule has 0 saturated carbocycles. The summed E-state index contributed by atoms with van der Waals surface area (Å²) in [6.07, 6.45) is 1.50. The minimum atomic E-state index is -0.425. The van der Waals surface area contributed by atoms with Crippen LogP contribution in [-0.4, -0.2) is 50.3 Å². The maximum absolute atomic E-state index is 13.8. The fourth-order valence-corrected chi connectivity index (χ4v) is 3.74. The molecule has 0 aliphatic carbocycles.